The molecule has 3 heteroatoms. The van der Waals surface area contributed by atoms with E-state index in [0.717, 1.165) is 26.1 Å². The number of hydrogen-bond donors (Lipinski definition) is 1. The topological polar surface area (TPSA) is 30.5 Å². The van der Waals surface area contributed by atoms with Gasteiger partial charge in [-0.1, -0.05) is 6.07 Å². The van der Waals surface area contributed by atoms with Gasteiger partial charge in [-0.25, -0.2) is 0 Å². The summed E-state index contributed by atoms with van der Waals surface area (Å²) in [6, 6.07) is 7.09. The second-order valence-corrected chi connectivity index (χ2v) is 5.55. The molecule has 0 spiro atoms. The maximum atomic E-state index is 5.77. The average molecular weight is 247 g/mol. The fourth-order valence-corrected chi connectivity index (χ4v) is 3.02. The van der Waals surface area contributed by atoms with E-state index >= 15 is 0 Å². The Hall–Kier alpha value is -1.06. The minimum Gasteiger partial charge on any atom is -0.382 e. The Morgan fingerprint density at radius 1 is 1.06 bits per heavy atom. The van der Waals surface area contributed by atoms with Crippen LogP contribution in [0.5, 0.6) is 0 Å². The molecule has 98 valence electrons. The van der Waals surface area contributed by atoms with Gasteiger partial charge in [-0.15, -0.1) is 0 Å². The van der Waals surface area contributed by atoms with Crippen molar-refractivity contribution in [1.82, 2.24) is 0 Å². The molecule has 2 unspecified atom stereocenters. The molecule has 2 atom stereocenters. The minimum atomic E-state index is 0.351. The average Bonchev–Trinajstić information content (AvgIpc) is 2.74. The van der Waals surface area contributed by atoms with Crippen LogP contribution in [-0.4, -0.2) is 18.2 Å². The fourth-order valence-electron chi connectivity index (χ4n) is 3.02. The summed E-state index contributed by atoms with van der Waals surface area (Å²) in [7, 11) is 0. The Morgan fingerprint density at radius 2 is 1.78 bits per heavy atom. The number of nitrogens with one attached hydrogen (secondary N) is 1. The van der Waals surface area contributed by atoms with E-state index < -0.39 is 0 Å². The Balaban J connectivity index is 1.69. The zero-order chi connectivity index (χ0) is 12.5. The van der Waals surface area contributed by atoms with Gasteiger partial charge in [0.25, 0.3) is 0 Å². The summed E-state index contributed by atoms with van der Waals surface area (Å²) < 4.78 is 11.2. The second kappa shape index (κ2) is 4.90. The summed E-state index contributed by atoms with van der Waals surface area (Å²) in [6.45, 7) is 5.83. The first-order valence-corrected chi connectivity index (χ1v) is 6.82. The lowest BCUT2D eigenvalue weighted by Crippen LogP contribution is -2.36. The fraction of sp³-hybridized carbons (Fsp3) is 0.600. The molecule has 1 aromatic carbocycles. The van der Waals surface area contributed by atoms with Crippen molar-refractivity contribution >= 4 is 5.69 Å². The van der Waals surface area contributed by atoms with Crippen molar-refractivity contribution in [1.29, 1.82) is 0 Å². The molecule has 3 nitrogen and oxygen atoms in total. The van der Waals surface area contributed by atoms with Crippen molar-refractivity contribution in [3.05, 3.63) is 29.3 Å². The van der Waals surface area contributed by atoms with Crippen LogP contribution in [0.2, 0.25) is 0 Å². The molecule has 2 heterocycles. The third-order valence-corrected chi connectivity index (χ3v) is 3.79. The highest BCUT2D eigenvalue weighted by atomic mass is 16.5. The van der Waals surface area contributed by atoms with Gasteiger partial charge < -0.3 is 14.8 Å². The van der Waals surface area contributed by atoms with Gasteiger partial charge >= 0.3 is 0 Å². The van der Waals surface area contributed by atoms with Gasteiger partial charge in [-0.2, -0.15) is 0 Å². The minimum absolute atomic E-state index is 0.351. The number of fused-ring (bicyclic) bond motifs is 1. The van der Waals surface area contributed by atoms with Crippen LogP contribution < -0.4 is 5.32 Å². The summed E-state index contributed by atoms with van der Waals surface area (Å²) in [5.74, 6) is 0. The van der Waals surface area contributed by atoms with Crippen LogP contribution in [0.25, 0.3) is 0 Å². The van der Waals surface area contributed by atoms with Crippen LogP contribution >= 0.6 is 0 Å². The van der Waals surface area contributed by atoms with E-state index in [1.165, 1.54) is 16.8 Å². The lowest BCUT2D eigenvalue weighted by atomic mass is 9.99. The standard InChI is InChI=1S/C15H21NO2/c1-10-5-15(6-11(2)18-10)16-14-4-3-12-8-17-9-13(12)7-14/h3-4,7,10-11,15-16H,5-6,8-9H2,1-2H3. The van der Waals surface area contributed by atoms with Gasteiger partial charge in [0.1, 0.15) is 0 Å². The Labute approximate surface area is 108 Å². The first-order chi connectivity index (χ1) is 8.70. The van der Waals surface area contributed by atoms with Crippen LogP contribution in [0.4, 0.5) is 5.69 Å². The molecule has 0 aliphatic carbocycles. The van der Waals surface area contributed by atoms with Gasteiger partial charge in [0, 0.05) is 11.7 Å². The summed E-state index contributed by atoms with van der Waals surface area (Å²) in [5.41, 5.74) is 3.87. The molecule has 18 heavy (non-hydrogen) atoms. The zero-order valence-corrected chi connectivity index (χ0v) is 11.1. The van der Waals surface area contributed by atoms with Crippen molar-refractivity contribution in [3.8, 4) is 0 Å². The highest BCUT2D eigenvalue weighted by molar-refractivity contribution is 5.50. The highest BCUT2D eigenvalue weighted by Crippen LogP contribution is 2.26. The van der Waals surface area contributed by atoms with E-state index in [9.17, 15) is 0 Å². The van der Waals surface area contributed by atoms with Gasteiger partial charge in [0.15, 0.2) is 0 Å². The number of ether oxygens (including phenoxy) is 2. The number of benzene rings is 1. The van der Waals surface area contributed by atoms with Crippen molar-refractivity contribution < 1.29 is 9.47 Å². The molecule has 0 saturated carbocycles. The SMILES string of the molecule is CC1CC(Nc2ccc3c(c2)COC3)CC(C)O1. The van der Waals surface area contributed by atoms with Crippen LogP contribution in [0.3, 0.4) is 0 Å². The Morgan fingerprint density at radius 3 is 2.56 bits per heavy atom. The molecular weight excluding hydrogens is 226 g/mol. The molecule has 1 N–H and O–H groups in total. The zero-order valence-electron chi connectivity index (χ0n) is 11.1. The highest BCUT2D eigenvalue weighted by Gasteiger charge is 2.24. The van der Waals surface area contributed by atoms with Crippen LogP contribution in [0.1, 0.15) is 37.8 Å². The van der Waals surface area contributed by atoms with Crippen molar-refractivity contribution in [2.75, 3.05) is 5.32 Å². The van der Waals surface area contributed by atoms with Crippen molar-refractivity contribution in [2.24, 2.45) is 0 Å². The predicted molar refractivity (Wildman–Crippen MR) is 71.6 cm³/mol. The molecule has 3 rings (SSSR count). The maximum Gasteiger partial charge on any atom is 0.0725 e. The van der Waals surface area contributed by atoms with E-state index in [2.05, 4.69) is 37.4 Å². The van der Waals surface area contributed by atoms with Gasteiger partial charge in [0.2, 0.25) is 0 Å². The molecule has 2 aliphatic rings. The summed E-state index contributed by atoms with van der Waals surface area (Å²) in [5, 5.41) is 3.64. The number of hydrogen-bond acceptors (Lipinski definition) is 3. The third-order valence-electron chi connectivity index (χ3n) is 3.79. The van der Waals surface area contributed by atoms with Gasteiger partial charge in [-0.05, 0) is 49.9 Å². The molecule has 0 amide bonds. The smallest absolute Gasteiger partial charge is 0.0725 e. The quantitative estimate of drug-likeness (QED) is 0.871. The van der Waals surface area contributed by atoms with E-state index in [0.29, 0.717) is 18.2 Å². The van der Waals surface area contributed by atoms with Crippen LogP contribution in [0.15, 0.2) is 18.2 Å². The second-order valence-electron chi connectivity index (χ2n) is 5.55. The Kier molecular flexibility index (Phi) is 3.27. The lowest BCUT2D eigenvalue weighted by molar-refractivity contribution is -0.0337. The monoisotopic (exact) mass is 247 g/mol. The molecule has 1 fully saturated rings. The number of rotatable bonds is 2. The third kappa shape index (κ3) is 2.52. The number of anilines is 1. The van der Waals surface area contributed by atoms with E-state index in [1.54, 1.807) is 0 Å². The van der Waals surface area contributed by atoms with Crippen LogP contribution in [-0.2, 0) is 22.7 Å². The van der Waals surface area contributed by atoms with Gasteiger partial charge in [-0.3, -0.25) is 0 Å². The van der Waals surface area contributed by atoms with Crippen molar-refractivity contribution in [2.45, 2.75) is 58.2 Å². The normalized spacial score (nSPS) is 31.1. The molecular formula is C15H21NO2. The largest absolute Gasteiger partial charge is 0.382 e. The van der Waals surface area contributed by atoms with Crippen LogP contribution in [0, 0.1) is 0 Å². The summed E-state index contributed by atoms with van der Waals surface area (Å²) in [6.07, 6.45) is 2.86. The predicted octanol–water partition coefficient (Wildman–Crippen LogP) is 3.08. The van der Waals surface area contributed by atoms with E-state index in [1.807, 2.05) is 0 Å². The summed E-state index contributed by atoms with van der Waals surface area (Å²) >= 11 is 0. The molecule has 2 aliphatic heterocycles. The molecule has 1 aromatic rings. The maximum absolute atomic E-state index is 5.77. The van der Waals surface area contributed by atoms with Gasteiger partial charge in [0.05, 0.1) is 25.4 Å². The van der Waals surface area contributed by atoms with E-state index in [4.69, 9.17) is 9.47 Å². The molecule has 0 aromatic heterocycles. The van der Waals surface area contributed by atoms with E-state index in [-0.39, 0.29) is 0 Å². The molecule has 0 radical (unpaired) electrons. The first kappa shape index (κ1) is 12.0. The molecule has 1 saturated heterocycles. The lowest BCUT2D eigenvalue weighted by Gasteiger charge is -2.33. The molecule has 0 bridgehead atoms. The first-order valence-electron chi connectivity index (χ1n) is 6.82. The van der Waals surface area contributed by atoms with Crippen molar-refractivity contribution in [3.63, 3.8) is 0 Å². The Bertz CT molecular complexity index is 423. The summed E-state index contributed by atoms with van der Waals surface area (Å²) in [4.78, 5) is 0.